The Labute approximate surface area is 143 Å². The smallest absolute Gasteiger partial charge is 0.138 e. The predicted molar refractivity (Wildman–Crippen MR) is 94.8 cm³/mol. The molecule has 3 aromatic rings. The molecule has 1 heterocycles. The van der Waals surface area contributed by atoms with Crippen molar-refractivity contribution in [1.82, 2.24) is 9.78 Å². The van der Waals surface area contributed by atoms with E-state index in [1.807, 2.05) is 61.5 Å². The predicted octanol–water partition coefficient (Wildman–Crippen LogP) is 5.21. The fourth-order valence-corrected chi connectivity index (χ4v) is 2.83. The van der Waals surface area contributed by atoms with Gasteiger partial charge in [-0.05, 0) is 43.3 Å². The summed E-state index contributed by atoms with van der Waals surface area (Å²) in [5.74, 6) is 0. The number of rotatable bonds is 4. The second-order valence-corrected chi connectivity index (χ2v) is 6.24. The number of nitrogens with one attached hydrogen (secondary N) is 1. The van der Waals surface area contributed by atoms with Crippen molar-refractivity contribution in [2.45, 2.75) is 13.5 Å². The Morgan fingerprint density at radius 3 is 2.45 bits per heavy atom. The number of nitrogens with zero attached hydrogens (tertiary/aromatic N) is 2. The fraction of sp³-hybridized carbons (Fsp3) is 0.118. The normalized spacial score (nSPS) is 10.7. The molecule has 0 spiro atoms. The first-order chi connectivity index (χ1) is 10.6. The summed E-state index contributed by atoms with van der Waals surface area (Å²) in [6, 6.07) is 18.0. The minimum atomic E-state index is 0.638. The number of aryl methyl sites for hydroxylation is 1. The number of anilines is 1. The van der Waals surface area contributed by atoms with Gasteiger partial charge in [0.15, 0.2) is 0 Å². The first-order valence-electron chi connectivity index (χ1n) is 6.94. The Bertz CT molecular complexity index is 767. The van der Waals surface area contributed by atoms with Crippen LogP contribution in [0.3, 0.4) is 0 Å². The summed E-state index contributed by atoms with van der Waals surface area (Å²) in [6.07, 6.45) is 0. The van der Waals surface area contributed by atoms with Crippen molar-refractivity contribution in [2.24, 2.45) is 0 Å². The molecule has 1 aromatic heterocycles. The van der Waals surface area contributed by atoms with E-state index in [9.17, 15) is 0 Å². The molecule has 3 nitrogen and oxygen atoms in total. The van der Waals surface area contributed by atoms with E-state index in [2.05, 4.69) is 26.3 Å². The first-order valence-corrected chi connectivity index (χ1v) is 8.11. The van der Waals surface area contributed by atoms with E-state index in [1.54, 1.807) is 4.68 Å². The molecule has 0 saturated heterocycles. The van der Waals surface area contributed by atoms with Crippen molar-refractivity contribution in [1.29, 1.82) is 0 Å². The fourth-order valence-electron chi connectivity index (χ4n) is 2.23. The maximum Gasteiger partial charge on any atom is 0.138 e. The number of para-hydroxylation sites is 1. The molecule has 0 fully saturated rings. The minimum absolute atomic E-state index is 0.638. The van der Waals surface area contributed by atoms with Gasteiger partial charge in [-0.2, -0.15) is 5.10 Å². The van der Waals surface area contributed by atoms with Crippen molar-refractivity contribution in [2.75, 3.05) is 5.32 Å². The molecule has 22 heavy (non-hydrogen) atoms. The molecule has 0 aliphatic carbocycles. The lowest BCUT2D eigenvalue weighted by molar-refractivity contribution is 0.863. The average Bonchev–Trinajstić information content (AvgIpc) is 2.82. The van der Waals surface area contributed by atoms with Crippen LogP contribution in [0.1, 0.15) is 11.3 Å². The molecule has 0 aliphatic rings. The first kappa shape index (κ1) is 15.1. The van der Waals surface area contributed by atoms with Gasteiger partial charge in [0.05, 0.1) is 11.4 Å². The van der Waals surface area contributed by atoms with E-state index in [0.29, 0.717) is 11.7 Å². The summed E-state index contributed by atoms with van der Waals surface area (Å²) in [7, 11) is 0. The molecule has 0 amide bonds. The molecule has 1 N–H and O–H groups in total. The van der Waals surface area contributed by atoms with Crippen LogP contribution >= 0.6 is 27.5 Å². The van der Waals surface area contributed by atoms with Crippen LogP contribution in [-0.4, -0.2) is 9.78 Å². The second kappa shape index (κ2) is 6.55. The van der Waals surface area contributed by atoms with E-state index in [0.717, 1.165) is 27.1 Å². The third-order valence-corrected chi connectivity index (χ3v) is 4.35. The maximum absolute atomic E-state index is 6.51. The average molecular weight is 377 g/mol. The van der Waals surface area contributed by atoms with E-state index in [1.165, 1.54) is 0 Å². The molecule has 0 bridgehead atoms. The van der Waals surface area contributed by atoms with Gasteiger partial charge < -0.3 is 5.32 Å². The number of hydrogen-bond donors (Lipinski definition) is 1. The molecule has 0 unspecified atom stereocenters. The summed E-state index contributed by atoms with van der Waals surface area (Å²) in [4.78, 5) is 0. The highest BCUT2D eigenvalue weighted by Crippen LogP contribution is 2.24. The van der Waals surface area contributed by atoms with Gasteiger partial charge in [-0.3, -0.25) is 0 Å². The number of hydrogen-bond acceptors (Lipinski definition) is 2. The Kier molecular flexibility index (Phi) is 4.50. The van der Waals surface area contributed by atoms with Gasteiger partial charge in [0.1, 0.15) is 5.15 Å². The number of benzene rings is 2. The summed E-state index contributed by atoms with van der Waals surface area (Å²) in [5, 5.41) is 8.57. The molecular weight excluding hydrogens is 362 g/mol. The molecule has 3 rings (SSSR count). The highest BCUT2D eigenvalue weighted by Gasteiger charge is 2.14. The molecule has 2 aromatic carbocycles. The standard InChI is InChI=1S/C17H15BrClN3/c1-12-16(11-20-14-9-7-13(18)8-10-14)17(19)22(21-12)15-5-3-2-4-6-15/h2-10,20H,11H2,1H3. The monoisotopic (exact) mass is 375 g/mol. The second-order valence-electron chi connectivity index (χ2n) is 4.96. The van der Waals surface area contributed by atoms with E-state index >= 15 is 0 Å². The van der Waals surface area contributed by atoms with Gasteiger partial charge in [-0.1, -0.05) is 45.7 Å². The summed E-state index contributed by atoms with van der Waals surface area (Å²) < 4.78 is 2.83. The zero-order chi connectivity index (χ0) is 15.5. The van der Waals surface area contributed by atoms with Crippen LogP contribution in [-0.2, 0) is 6.54 Å². The van der Waals surface area contributed by atoms with Crippen molar-refractivity contribution in [3.63, 3.8) is 0 Å². The number of aromatic nitrogens is 2. The maximum atomic E-state index is 6.51. The van der Waals surface area contributed by atoms with Gasteiger partial charge in [0.25, 0.3) is 0 Å². The van der Waals surface area contributed by atoms with Crippen LogP contribution in [0.15, 0.2) is 59.1 Å². The van der Waals surface area contributed by atoms with Crippen molar-refractivity contribution >= 4 is 33.2 Å². The Balaban J connectivity index is 1.83. The Hall–Kier alpha value is -1.78. The number of halogens is 2. The Morgan fingerprint density at radius 1 is 1.09 bits per heavy atom. The van der Waals surface area contributed by atoms with Crippen LogP contribution in [0.4, 0.5) is 5.69 Å². The topological polar surface area (TPSA) is 29.9 Å². The van der Waals surface area contributed by atoms with Crippen LogP contribution < -0.4 is 5.32 Å². The van der Waals surface area contributed by atoms with Crippen LogP contribution in [0.25, 0.3) is 5.69 Å². The molecule has 0 saturated carbocycles. The van der Waals surface area contributed by atoms with Gasteiger partial charge >= 0.3 is 0 Å². The lowest BCUT2D eigenvalue weighted by Crippen LogP contribution is -2.01. The summed E-state index contributed by atoms with van der Waals surface area (Å²) >= 11 is 9.94. The third kappa shape index (κ3) is 3.18. The van der Waals surface area contributed by atoms with Gasteiger partial charge in [0, 0.05) is 22.3 Å². The lowest BCUT2D eigenvalue weighted by atomic mass is 10.2. The van der Waals surface area contributed by atoms with Crippen molar-refractivity contribution in [3.8, 4) is 5.69 Å². The zero-order valence-electron chi connectivity index (χ0n) is 12.1. The molecule has 5 heteroatoms. The van der Waals surface area contributed by atoms with Crippen molar-refractivity contribution < 1.29 is 0 Å². The molecule has 0 radical (unpaired) electrons. The Morgan fingerprint density at radius 2 is 1.77 bits per heavy atom. The van der Waals surface area contributed by atoms with Crippen LogP contribution in [0.5, 0.6) is 0 Å². The SMILES string of the molecule is Cc1nn(-c2ccccc2)c(Cl)c1CNc1ccc(Br)cc1. The summed E-state index contributed by atoms with van der Waals surface area (Å²) in [6.45, 7) is 2.61. The molecular formula is C17H15BrClN3. The zero-order valence-corrected chi connectivity index (χ0v) is 14.4. The largest absolute Gasteiger partial charge is 0.381 e. The molecule has 0 aliphatic heterocycles. The lowest BCUT2D eigenvalue weighted by Gasteiger charge is -2.07. The van der Waals surface area contributed by atoms with Gasteiger partial charge in [-0.15, -0.1) is 0 Å². The quantitative estimate of drug-likeness (QED) is 0.677. The van der Waals surface area contributed by atoms with Gasteiger partial charge in [-0.25, -0.2) is 4.68 Å². The highest BCUT2D eigenvalue weighted by atomic mass is 79.9. The van der Waals surface area contributed by atoms with Gasteiger partial charge in [0.2, 0.25) is 0 Å². The van der Waals surface area contributed by atoms with E-state index in [4.69, 9.17) is 11.6 Å². The van der Waals surface area contributed by atoms with Crippen LogP contribution in [0, 0.1) is 6.92 Å². The molecule has 112 valence electrons. The minimum Gasteiger partial charge on any atom is -0.381 e. The molecule has 0 atom stereocenters. The highest BCUT2D eigenvalue weighted by molar-refractivity contribution is 9.10. The summed E-state index contributed by atoms with van der Waals surface area (Å²) in [5.41, 5.74) is 3.95. The van der Waals surface area contributed by atoms with E-state index in [-0.39, 0.29) is 0 Å². The third-order valence-electron chi connectivity index (χ3n) is 3.44. The van der Waals surface area contributed by atoms with Crippen molar-refractivity contribution in [3.05, 3.63) is 75.5 Å². The van der Waals surface area contributed by atoms with Crippen LogP contribution in [0.2, 0.25) is 5.15 Å². The van der Waals surface area contributed by atoms with E-state index < -0.39 is 0 Å².